The first-order chi connectivity index (χ1) is 12.6. The lowest BCUT2D eigenvalue weighted by atomic mass is 10.2. The van der Waals surface area contributed by atoms with Gasteiger partial charge in [-0.3, -0.25) is 0 Å². The van der Waals surface area contributed by atoms with E-state index in [1.165, 1.54) is 38.5 Å². The summed E-state index contributed by atoms with van der Waals surface area (Å²) in [7, 11) is 2.89. The number of esters is 1. The van der Waals surface area contributed by atoms with E-state index in [2.05, 4.69) is 10.1 Å². The number of halogens is 1. The monoisotopic (exact) mass is 358 g/mol. The summed E-state index contributed by atoms with van der Waals surface area (Å²) in [6.45, 7) is -0.228. The maximum atomic E-state index is 13.0. The van der Waals surface area contributed by atoms with Crippen molar-refractivity contribution in [1.29, 1.82) is 0 Å². The number of rotatable bonds is 6. The Bertz CT molecular complexity index is 886. The number of ether oxygens (including phenoxy) is 3. The number of hydrogen-bond acceptors (Lipinski definition) is 7. The van der Waals surface area contributed by atoms with Gasteiger partial charge < -0.3 is 18.7 Å². The normalized spacial score (nSPS) is 10.4. The van der Waals surface area contributed by atoms with Crippen LogP contribution in [0.4, 0.5) is 4.39 Å². The highest BCUT2D eigenvalue weighted by atomic mass is 19.1. The third-order valence-electron chi connectivity index (χ3n) is 3.53. The van der Waals surface area contributed by atoms with Gasteiger partial charge in [0.15, 0.2) is 6.61 Å². The van der Waals surface area contributed by atoms with E-state index in [4.69, 9.17) is 18.7 Å². The Kier molecular flexibility index (Phi) is 5.12. The zero-order chi connectivity index (χ0) is 18.5. The summed E-state index contributed by atoms with van der Waals surface area (Å²) >= 11 is 0. The molecule has 134 valence electrons. The van der Waals surface area contributed by atoms with Crippen molar-refractivity contribution in [2.45, 2.75) is 6.61 Å². The first-order valence-electron chi connectivity index (χ1n) is 7.59. The minimum Gasteiger partial charge on any atom is -0.496 e. The number of carbonyl (C=O) groups is 1. The van der Waals surface area contributed by atoms with Crippen molar-refractivity contribution in [3.05, 3.63) is 59.7 Å². The van der Waals surface area contributed by atoms with Crippen molar-refractivity contribution in [3.63, 3.8) is 0 Å². The second-order valence-electron chi connectivity index (χ2n) is 5.13. The van der Waals surface area contributed by atoms with Crippen LogP contribution in [0.25, 0.3) is 11.4 Å². The molecule has 1 heterocycles. The maximum absolute atomic E-state index is 13.0. The van der Waals surface area contributed by atoms with Crippen LogP contribution in [0.1, 0.15) is 16.2 Å². The van der Waals surface area contributed by atoms with Crippen LogP contribution >= 0.6 is 0 Å². The third-order valence-corrected chi connectivity index (χ3v) is 3.53. The zero-order valence-electron chi connectivity index (χ0n) is 14.1. The molecule has 0 radical (unpaired) electrons. The molecule has 7 nitrogen and oxygen atoms in total. The number of hydrogen-bond donors (Lipinski definition) is 0. The Hall–Kier alpha value is -3.42. The highest BCUT2D eigenvalue weighted by Gasteiger charge is 2.21. The van der Waals surface area contributed by atoms with Crippen LogP contribution in [0.2, 0.25) is 0 Å². The summed E-state index contributed by atoms with van der Waals surface area (Å²) in [4.78, 5) is 16.5. The Morgan fingerprint density at radius 2 is 1.73 bits per heavy atom. The van der Waals surface area contributed by atoms with Crippen LogP contribution in [-0.2, 0) is 11.3 Å². The molecule has 1 aromatic heterocycles. The first-order valence-corrected chi connectivity index (χ1v) is 7.59. The Labute approximate surface area is 148 Å². The molecule has 0 fully saturated rings. The highest BCUT2D eigenvalue weighted by molar-refractivity contribution is 5.95. The van der Waals surface area contributed by atoms with Gasteiger partial charge in [-0.15, -0.1) is 0 Å². The average Bonchev–Trinajstić information content (AvgIpc) is 3.15. The third kappa shape index (κ3) is 3.64. The van der Waals surface area contributed by atoms with Gasteiger partial charge in [0.25, 0.3) is 5.89 Å². The summed E-state index contributed by atoms with van der Waals surface area (Å²) < 4.78 is 33.6. The van der Waals surface area contributed by atoms with Gasteiger partial charge in [-0.25, -0.2) is 9.18 Å². The van der Waals surface area contributed by atoms with E-state index in [1.807, 2.05) is 0 Å². The molecule has 3 aromatic rings. The van der Waals surface area contributed by atoms with Crippen molar-refractivity contribution in [2.24, 2.45) is 0 Å². The molecule has 0 aliphatic rings. The molecule has 0 spiro atoms. The van der Waals surface area contributed by atoms with Gasteiger partial charge in [0, 0.05) is 5.56 Å². The van der Waals surface area contributed by atoms with Crippen LogP contribution < -0.4 is 9.47 Å². The largest absolute Gasteiger partial charge is 0.496 e. The minimum atomic E-state index is -0.652. The zero-order valence-corrected chi connectivity index (χ0v) is 14.1. The summed E-state index contributed by atoms with van der Waals surface area (Å²) in [5.74, 6) is 0.00853. The maximum Gasteiger partial charge on any atom is 0.346 e. The van der Waals surface area contributed by atoms with E-state index in [9.17, 15) is 9.18 Å². The molecular weight excluding hydrogens is 343 g/mol. The van der Waals surface area contributed by atoms with E-state index in [0.29, 0.717) is 17.1 Å². The van der Waals surface area contributed by atoms with Crippen LogP contribution in [0.15, 0.2) is 47.0 Å². The molecule has 0 N–H and O–H groups in total. The van der Waals surface area contributed by atoms with Gasteiger partial charge in [0.05, 0.1) is 14.2 Å². The van der Waals surface area contributed by atoms with Crippen molar-refractivity contribution in [1.82, 2.24) is 10.1 Å². The van der Waals surface area contributed by atoms with Crippen molar-refractivity contribution in [2.75, 3.05) is 14.2 Å². The summed E-state index contributed by atoms with van der Waals surface area (Å²) in [5.41, 5.74) is 0.745. The van der Waals surface area contributed by atoms with Crippen LogP contribution in [-0.4, -0.2) is 30.3 Å². The standard InChI is InChI=1S/C18H15FN2O5/c1-23-13-4-3-5-14(24-2)16(13)18(22)25-10-15-20-17(21-26-15)11-6-8-12(19)9-7-11/h3-9H,10H2,1-2H3. The molecule has 8 heteroatoms. The molecule has 0 aliphatic heterocycles. The van der Waals surface area contributed by atoms with Crippen LogP contribution in [0, 0.1) is 5.82 Å². The lowest BCUT2D eigenvalue weighted by Gasteiger charge is -2.11. The number of nitrogens with zero attached hydrogens (tertiary/aromatic N) is 2. The molecular formula is C18H15FN2O5. The molecule has 0 bridgehead atoms. The molecule has 0 atom stereocenters. The van der Waals surface area contributed by atoms with E-state index in [1.54, 1.807) is 18.2 Å². The van der Waals surface area contributed by atoms with Gasteiger partial charge in [0.1, 0.15) is 22.9 Å². The Morgan fingerprint density at radius 1 is 1.08 bits per heavy atom. The van der Waals surface area contributed by atoms with Gasteiger partial charge in [-0.2, -0.15) is 4.98 Å². The summed E-state index contributed by atoms with van der Waals surface area (Å²) in [5, 5.41) is 3.79. The summed E-state index contributed by atoms with van der Waals surface area (Å²) in [6.07, 6.45) is 0. The predicted octanol–water partition coefficient (Wildman–Crippen LogP) is 3.25. The summed E-state index contributed by atoms with van der Waals surface area (Å²) in [6, 6.07) is 10.6. The Morgan fingerprint density at radius 3 is 2.35 bits per heavy atom. The van der Waals surface area contributed by atoms with Crippen LogP contribution in [0.5, 0.6) is 11.5 Å². The lowest BCUT2D eigenvalue weighted by Crippen LogP contribution is -2.09. The average molecular weight is 358 g/mol. The molecule has 2 aromatic carbocycles. The number of carbonyl (C=O) groups excluding carboxylic acids is 1. The van der Waals surface area contributed by atoms with Crippen molar-refractivity contribution in [3.8, 4) is 22.9 Å². The topological polar surface area (TPSA) is 83.7 Å². The molecule has 26 heavy (non-hydrogen) atoms. The smallest absolute Gasteiger partial charge is 0.346 e. The molecule has 0 saturated heterocycles. The fourth-order valence-electron chi connectivity index (χ4n) is 2.28. The number of methoxy groups -OCH3 is 2. The molecule has 0 amide bonds. The fourth-order valence-corrected chi connectivity index (χ4v) is 2.28. The van der Waals surface area contributed by atoms with E-state index in [-0.39, 0.29) is 29.7 Å². The lowest BCUT2D eigenvalue weighted by molar-refractivity contribution is 0.0422. The van der Waals surface area contributed by atoms with E-state index in [0.717, 1.165) is 0 Å². The van der Waals surface area contributed by atoms with E-state index < -0.39 is 5.97 Å². The second kappa shape index (κ2) is 7.64. The van der Waals surface area contributed by atoms with Gasteiger partial charge in [-0.05, 0) is 36.4 Å². The molecule has 0 aliphatic carbocycles. The van der Waals surface area contributed by atoms with Crippen LogP contribution in [0.3, 0.4) is 0 Å². The van der Waals surface area contributed by atoms with Gasteiger partial charge in [-0.1, -0.05) is 11.2 Å². The van der Waals surface area contributed by atoms with E-state index >= 15 is 0 Å². The predicted molar refractivity (Wildman–Crippen MR) is 88.4 cm³/mol. The molecule has 0 saturated carbocycles. The quantitative estimate of drug-likeness (QED) is 0.625. The Balaban J connectivity index is 1.72. The number of benzene rings is 2. The second-order valence-corrected chi connectivity index (χ2v) is 5.13. The van der Waals surface area contributed by atoms with Crippen molar-refractivity contribution >= 4 is 5.97 Å². The molecule has 3 rings (SSSR count). The minimum absolute atomic E-state index is 0.103. The van der Waals surface area contributed by atoms with Crippen molar-refractivity contribution < 1.29 is 27.9 Å². The number of aromatic nitrogens is 2. The highest BCUT2D eigenvalue weighted by Crippen LogP contribution is 2.29. The molecule has 0 unspecified atom stereocenters. The van der Waals surface area contributed by atoms with Gasteiger partial charge >= 0.3 is 5.97 Å². The SMILES string of the molecule is COc1cccc(OC)c1C(=O)OCc1nc(-c2ccc(F)cc2)no1. The van der Waals surface area contributed by atoms with Gasteiger partial charge in [0.2, 0.25) is 5.82 Å². The fraction of sp³-hybridized carbons (Fsp3) is 0.167. The first kappa shape index (κ1) is 17.4.